The normalized spacial score (nSPS) is 15.3. The molecule has 0 saturated heterocycles. The second kappa shape index (κ2) is 5.58. The van der Waals surface area contributed by atoms with Crippen molar-refractivity contribution >= 4 is 11.3 Å². The number of nitrogens with zero attached hydrogens (tertiary/aromatic N) is 1. The highest BCUT2D eigenvalue weighted by Gasteiger charge is 2.19. The van der Waals surface area contributed by atoms with Crippen molar-refractivity contribution in [3.05, 3.63) is 15.6 Å². The predicted molar refractivity (Wildman–Crippen MR) is 64.0 cm³/mol. The fourth-order valence-electron chi connectivity index (χ4n) is 1.37. The zero-order chi connectivity index (χ0) is 11.4. The summed E-state index contributed by atoms with van der Waals surface area (Å²) < 4.78 is 0. The Kier molecular flexibility index (Phi) is 4.70. The Bertz CT molecular complexity index is 312. The van der Waals surface area contributed by atoms with E-state index in [0.29, 0.717) is 0 Å². The molecule has 0 bridgehead atoms. The first-order chi connectivity index (χ1) is 7.10. The molecule has 2 N–H and O–H groups in total. The lowest BCUT2D eigenvalue weighted by molar-refractivity contribution is 0.115. The van der Waals surface area contributed by atoms with Gasteiger partial charge < -0.3 is 10.4 Å². The molecule has 0 aliphatic heterocycles. The van der Waals surface area contributed by atoms with Crippen LogP contribution in [0.3, 0.4) is 0 Å². The molecule has 1 aromatic heterocycles. The minimum Gasteiger partial charge on any atom is -0.386 e. The zero-order valence-corrected chi connectivity index (χ0v) is 10.7. The van der Waals surface area contributed by atoms with E-state index in [4.69, 9.17) is 0 Å². The van der Waals surface area contributed by atoms with Gasteiger partial charge in [0.05, 0.1) is 5.69 Å². The Balaban J connectivity index is 2.81. The van der Waals surface area contributed by atoms with Gasteiger partial charge in [0.25, 0.3) is 0 Å². The third kappa shape index (κ3) is 3.00. The summed E-state index contributed by atoms with van der Waals surface area (Å²) in [5.74, 6) is 0.276. The SMILES string of the molecule is CCC(C)C(O)c1nc(C)c(CNC)s1. The highest BCUT2D eigenvalue weighted by Crippen LogP contribution is 2.29. The maximum absolute atomic E-state index is 10.0. The monoisotopic (exact) mass is 228 g/mol. The van der Waals surface area contributed by atoms with Crippen molar-refractivity contribution in [2.45, 2.75) is 39.8 Å². The number of rotatable bonds is 5. The summed E-state index contributed by atoms with van der Waals surface area (Å²) in [5, 5.41) is 14.0. The van der Waals surface area contributed by atoms with E-state index < -0.39 is 6.10 Å². The van der Waals surface area contributed by atoms with Gasteiger partial charge in [0.15, 0.2) is 0 Å². The summed E-state index contributed by atoms with van der Waals surface area (Å²) in [6.07, 6.45) is 0.561. The Morgan fingerprint density at radius 1 is 1.53 bits per heavy atom. The Morgan fingerprint density at radius 2 is 2.20 bits per heavy atom. The van der Waals surface area contributed by atoms with Gasteiger partial charge in [-0.3, -0.25) is 0 Å². The van der Waals surface area contributed by atoms with Gasteiger partial charge in [-0.1, -0.05) is 20.3 Å². The van der Waals surface area contributed by atoms with Crippen LogP contribution in [0.5, 0.6) is 0 Å². The van der Waals surface area contributed by atoms with Crippen molar-refractivity contribution in [1.82, 2.24) is 10.3 Å². The zero-order valence-electron chi connectivity index (χ0n) is 9.87. The van der Waals surface area contributed by atoms with Crippen LogP contribution in [-0.4, -0.2) is 17.1 Å². The van der Waals surface area contributed by atoms with E-state index in [9.17, 15) is 5.11 Å². The number of thiazole rings is 1. The first kappa shape index (κ1) is 12.6. The summed E-state index contributed by atoms with van der Waals surface area (Å²) in [4.78, 5) is 5.64. The van der Waals surface area contributed by atoms with Gasteiger partial charge in [-0.2, -0.15) is 0 Å². The Hall–Kier alpha value is -0.450. The van der Waals surface area contributed by atoms with Crippen LogP contribution in [0.4, 0.5) is 0 Å². The van der Waals surface area contributed by atoms with Gasteiger partial charge in [-0.05, 0) is 19.9 Å². The van der Waals surface area contributed by atoms with Crippen molar-refractivity contribution in [2.75, 3.05) is 7.05 Å². The van der Waals surface area contributed by atoms with Crippen LogP contribution in [0, 0.1) is 12.8 Å². The van der Waals surface area contributed by atoms with Crippen molar-refractivity contribution in [3.63, 3.8) is 0 Å². The molecule has 4 heteroatoms. The molecule has 0 fully saturated rings. The summed E-state index contributed by atoms with van der Waals surface area (Å²) in [5.41, 5.74) is 1.03. The Labute approximate surface area is 95.6 Å². The van der Waals surface area contributed by atoms with E-state index in [2.05, 4.69) is 24.1 Å². The van der Waals surface area contributed by atoms with E-state index in [1.807, 2.05) is 14.0 Å². The molecule has 0 aliphatic rings. The molecule has 0 saturated carbocycles. The number of aliphatic hydroxyl groups excluding tert-OH is 1. The van der Waals surface area contributed by atoms with E-state index in [1.165, 1.54) is 4.88 Å². The number of hydrogen-bond acceptors (Lipinski definition) is 4. The van der Waals surface area contributed by atoms with E-state index in [0.717, 1.165) is 23.7 Å². The van der Waals surface area contributed by atoms with Crippen LogP contribution in [-0.2, 0) is 6.54 Å². The average molecular weight is 228 g/mol. The molecule has 2 atom stereocenters. The molecule has 0 amide bonds. The topological polar surface area (TPSA) is 45.2 Å². The minimum absolute atomic E-state index is 0.276. The lowest BCUT2D eigenvalue weighted by Crippen LogP contribution is -2.07. The summed E-state index contributed by atoms with van der Waals surface area (Å²) in [6.45, 7) is 6.97. The van der Waals surface area contributed by atoms with Crippen molar-refractivity contribution in [1.29, 1.82) is 0 Å². The van der Waals surface area contributed by atoms with Crippen LogP contribution in [0.25, 0.3) is 0 Å². The average Bonchev–Trinajstić information content (AvgIpc) is 2.59. The number of aryl methyl sites for hydroxylation is 1. The maximum Gasteiger partial charge on any atom is 0.122 e. The largest absolute Gasteiger partial charge is 0.386 e. The number of aliphatic hydroxyl groups is 1. The van der Waals surface area contributed by atoms with Crippen molar-refractivity contribution < 1.29 is 5.11 Å². The van der Waals surface area contributed by atoms with Gasteiger partial charge in [0, 0.05) is 11.4 Å². The van der Waals surface area contributed by atoms with Crippen LogP contribution in [0.1, 0.15) is 42.0 Å². The molecule has 1 aromatic rings. The molecule has 3 nitrogen and oxygen atoms in total. The molecule has 1 heterocycles. The molecule has 86 valence electrons. The van der Waals surface area contributed by atoms with Crippen molar-refractivity contribution in [2.24, 2.45) is 5.92 Å². The summed E-state index contributed by atoms with van der Waals surface area (Å²) in [7, 11) is 1.92. The maximum atomic E-state index is 10.0. The molecule has 15 heavy (non-hydrogen) atoms. The van der Waals surface area contributed by atoms with E-state index in [1.54, 1.807) is 11.3 Å². The smallest absolute Gasteiger partial charge is 0.122 e. The quantitative estimate of drug-likeness (QED) is 0.812. The second-order valence-electron chi connectivity index (χ2n) is 3.92. The highest BCUT2D eigenvalue weighted by molar-refractivity contribution is 7.11. The number of hydrogen-bond donors (Lipinski definition) is 2. The molecule has 0 aliphatic carbocycles. The Morgan fingerprint density at radius 3 is 2.73 bits per heavy atom. The first-order valence-electron chi connectivity index (χ1n) is 5.39. The van der Waals surface area contributed by atoms with Crippen LogP contribution < -0.4 is 5.32 Å². The molecule has 1 rings (SSSR count). The van der Waals surface area contributed by atoms with E-state index >= 15 is 0 Å². The molecule has 2 unspecified atom stereocenters. The molecular formula is C11H20N2OS. The lowest BCUT2D eigenvalue weighted by Gasteiger charge is -2.13. The van der Waals surface area contributed by atoms with Gasteiger partial charge in [0.1, 0.15) is 11.1 Å². The molecule has 0 aromatic carbocycles. The molecule has 0 spiro atoms. The number of nitrogens with one attached hydrogen (secondary N) is 1. The molecular weight excluding hydrogens is 208 g/mol. The summed E-state index contributed by atoms with van der Waals surface area (Å²) in [6, 6.07) is 0. The van der Waals surface area contributed by atoms with Gasteiger partial charge in [-0.15, -0.1) is 11.3 Å². The molecule has 0 radical (unpaired) electrons. The second-order valence-corrected chi connectivity index (χ2v) is 5.04. The fraction of sp³-hybridized carbons (Fsp3) is 0.727. The van der Waals surface area contributed by atoms with Crippen molar-refractivity contribution in [3.8, 4) is 0 Å². The first-order valence-corrected chi connectivity index (χ1v) is 6.20. The van der Waals surface area contributed by atoms with Gasteiger partial charge >= 0.3 is 0 Å². The van der Waals surface area contributed by atoms with Gasteiger partial charge in [0.2, 0.25) is 0 Å². The number of aromatic nitrogens is 1. The predicted octanol–water partition coefficient (Wildman–Crippen LogP) is 2.25. The standard InChI is InChI=1S/C11H20N2OS/c1-5-7(2)10(14)11-13-8(3)9(15-11)6-12-4/h7,10,12,14H,5-6H2,1-4H3. The lowest BCUT2D eigenvalue weighted by atomic mass is 10.0. The highest BCUT2D eigenvalue weighted by atomic mass is 32.1. The fourth-order valence-corrected chi connectivity index (χ4v) is 2.57. The third-order valence-corrected chi connectivity index (χ3v) is 3.91. The van der Waals surface area contributed by atoms with Crippen LogP contribution in [0.2, 0.25) is 0 Å². The van der Waals surface area contributed by atoms with Gasteiger partial charge in [-0.25, -0.2) is 4.98 Å². The third-order valence-electron chi connectivity index (χ3n) is 2.68. The summed E-state index contributed by atoms with van der Waals surface area (Å²) >= 11 is 1.61. The van der Waals surface area contributed by atoms with Crippen LogP contribution in [0.15, 0.2) is 0 Å². The van der Waals surface area contributed by atoms with E-state index in [-0.39, 0.29) is 5.92 Å². The van der Waals surface area contributed by atoms with Crippen LogP contribution >= 0.6 is 11.3 Å². The minimum atomic E-state index is -0.413.